The topological polar surface area (TPSA) is 95.7 Å². The lowest BCUT2D eigenvalue weighted by atomic mass is 10.2. The molecule has 0 unspecified atom stereocenters. The monoisotopic (exact) mass is 356 g/mol. The molecule has 2 aromatic carbocycles. The van der Waals surface area contributed by atoms with Gasteiger partial charge in [0.05, 0.1) is 0 Å². The van der Waals surface area contributed by atoms with Crippen LogP contribution in [0.4, 0.5) is 20.6 Å². The summed E-state index contributed by atoms with van der Waals surface area (Å²) in [6.07, 6.45) is 0. The molecule has 1 heterocycles. The van der Waals surface area contributed by atoms with E-state index in [1.807, 2.05) is 0 Å². The van der Waals surface area contributed by atoms with Crippen LogP contribution in [0, 0.1) is 5.82 Å². The van der Waals surface area contributed by atoms with Crippen molar-refractivity contribution in [2.24, 2.45) is 5.73 Å². The van der Waals surface area contributed by atoms with E-state index in [1.54, 1.807) is 12.1 Å². The number of benzene rings is 2. The number of hydrogen-bond donors (Lipinski definition) is 2. The highest BCUT2D eigenvalue weighted by Crippen LogP contribution is 2.20. The maximum atomic E-state index is 13.0. The molecule has 8 heteroatoms. The Labute approximate surface area is 149 Å². The summed E-state index contributed by atoms with van der Waals surface area (Å²) in [5.41, 5.74) is 6.59. The fourth-order valence-corrected chi connectivity index (χ4v) is 2.68. The second kappa shape index (κ2) is 7.22. The van der Waals surface area contributed by atoms with Gasteiger partial charge in [-0.25, -0.2) is 9.18 Å². The summed E-state index contributed by atoms with van der Waals surface area (Å²) in [6.45, 7) is 0.712. The fourth-order valence-electron chi connectivity index (χ4n) is 2.68. The first-order chi connectivity index (χ1) is 12.4. The summed E-state index contributed by atoms with van der Waals surface area (Å²) < 4.78 is 13.0. The van der Waals surface area contributed by atoms with Gasteiger partial charge < -0.3 is 16.0 Å². The van der Waals surface area contributed by atoms with Crippen molar-refractivity contribution in [3.63, 3.8) is 0 Å². The van der Waals surface area contributed by atoms with Gasteiger partial charge in [0.2, 0.25) is 11.8 Å². The van der Waals surface area contributed by atoms with Gasteiger partial charge in [-0.2, -0.15) is 0 Å². The zero-order valence-corrected chi connectivity index (χ0v) is 13.8. The minimum atomic E-state index is -0.550. The van der Waals surface area contributed by atoms with Crippen LogP contribution in [0.15, 0.2) is 48.5 Å². The van der Waals surface area contributed by atoms with E-state index < -0.39 is 5.91 Å². The van der Waals surface area contributed by atoms with Crippen LogP contribution in [0.2, 0.25) is 0 Å². The van der Waals surface area contributed by atoms with E-state index in [1.165, 1.54) is 46.2 Å². The zero-order chi connectivity index (χ0) is 18.7. The predicted molar refractivity (Wildman–Crippen MR) is 94.3 cm³/mol. The number of carbonyl (C=O) groups is 3. The quantitative estimate of drug-likeness (QED) is 0.855. The van der Waals surface area contributed by atoms with Crippen molar-refractivity contribution in [1.29, 1.82) is 0 Å². The molecule has 0 bridgehead atoms. The molecule has 0 aliphatic carbocycles. The summed E-state index contributed by atoms with van der Waals surface area (Å²) in [7, 11) is 0. The molecule has 3 N–H and O–H groups in total. The van der Waals surface area contributed by atoms with Gasteiger partial charge in [0, 0.05) is 30.0 Å². The first-order valence-corrected chi connectivity index (χ1v) is 7.96. The molecule has 2 aromatic rings. The minimum absolute atomic E-state index is 0.103. The molecule has 4 amide bonds. The van der Waals surface area contributed by atoms with Crippen molar-refractivity contribution in [3.8, 4) is 0 Å². The van der Waals surface area contributed by atoms with Gasteiger partial charge in [-0.3, -0.25) is 14.5 Å². The molecular weight excluding hydrogens is 339 g/mol. The van der Waals surface area contributed by atoms with Crippen molar-refractivity contribution in [2.75, 3.05) is 29.9 Å². The van der Waals surface area contributed by atoms with Crippen molar-refractivity contribution in [2.45, 2.75) is 0 Å². The Balaban J connectivity index is 1.58. The SMILES string of the molecule is NC(=O)c1ccc(NC(=O)CN2CCN(c3ccc(F)cc3)C2=O)cc1. The van der Waals surface area contributed by atoms with Gasteiger partial charge in [-0.05, 0) is 48.5 Å². The first kappa shape index (κ1) is 17.4. The smallest absolute Gasteiger partial charge is 0.325 e. The van der Waals surface area contributed by atoms with Crippen molar-refractivity contribution < 1.29 is 18.8 Å². The van der Waals surface area contributed by atoms with E-state index in [0.717, 1.165) is 0 Å². The summed E-state index contributed by atoms with van der Waals surface area (Å²) in [4.78, 5) is 38.5. The third-order valence-corrected chi connectivity index (χ3v) is 4.02. The Bertz CT molecular complexity index is 837. The number of rotatable bonds is 5. The van der Waals surface area contributed by atoms with E-state index in [0.29, 0.717) is 30.0 Å². The van der Waals surface area contributed by atoms with E-state index in [4.69, 9.17) is 5.73 Å². The molecule has 1 aliphatic rings. The average Bonchev–Trinajstić information content (AvgIpc) is 2.97. The molecule has 134 valence electrons. The third kappa shape index (κ3) is 3.80. The number of nitrogens with one attached hydrogen (secondary N) is 1. The largest absolute Gasteiger partial charge is 0.366 e. The van der Waals surface area contributed by atoms with E-state index in [9.17, 15) is 18.8 Å². The Morgan fingerprint density at radius 1 is 1.04 bits per heavy atom. The number of halogens is 1. The van der Waals surface area contributed by atoms with Gasteiger partial charge in [-0.1, -0.05) is 0 Å². The maximum Gasteiger partial charge on any atom is 0.325 e. The van der Waals surface area contributed by atoms with Crippen LogP contribution in [-0.4, -0.2) is 42.4 Å². The molecule has 0 saturated carbocycles. The summed E-state index contributed by atoms with van der Waals surface area (Å²) >= 11 is 0. The molecule has 26 heavy (non-hydrogen) atoms. The van der Waals surface area contributed by atoms with Crippen LogP contribution in [-0.2, 0) is 4.79 Å². The molecule has 1 fully saturated rings. The minimum Gasteiger partial charge on any atom is -0.366 e. The lowest BCUT2D eigenvalue weighted by molar-refractivity contribution is -0.116. The zero-order valence-electron chi connectivity index (χ0n) is 13.8. The summed E-state index contributed by atoms with van der Waals surface area (Å²) in [5, 5.41) is 2.66. The molecule has 7 nitrogen and oxygen atoms in total. The van der Waals surface area contributed by atoms with Gasteiger partial charge in [0.15, 0.2) is 0 Å². The predicted octanol–water partition coefficient (Wildman–Crippen LogP) is 1.81. The highest BCUT2D eigenvalue weighted by molar-refractivity contribution is 5.99. The van der Waals surface area contributed by atoms with Crippen LogP contribution in [0.3, 0.4) is 0 Å². The van der Waals surface area contributed by atoms with Gasteiger partial charge >= 0.3 is 6.03 Å². The lowest BCUT2D eigenvalue weighted by Gasteiger charge is -2.18. The number of anilines is 2. The summed E-state index contributed by atoms with van der Waals surface area (Å²) in [6, 6.07) is 11.5. The second-order valence-electron chi connectivity index (χ2n) is 5.82. The molecule has 3 rings (SSSR count). The normalized spacial score (nSPS) is 13.8. The fraction of sp³-hybridized carbons (Fsp3) is 0.167. The number of amides is 4. The van der Waals surface area contributed by atoms with Crippen molar-refractivity contribution in [1.82, 2.24) is 4.90 Å². The number of urea groups is 1. The number of nitrogens with two attached hydrogens (primary N) is 1. The highest BCUT2D eigenvalue weighted by Gasteiger charge is 2.30. The molecule has 1 aliphatic heterocycles. The second-order valence-corrected chi connectivity index (χ2v) is 5.82. The molecule has 0 radical (unpaired) electrons. The van der Waals surface area contributed by atoms with E-state index in [-0.39, 0.29) is 24.3 Å². The molecular formula is C18H17FN4O3. The van der Waals surface area contributed by atoms with Crippen LogP contribution < -0.4 is 16.0 Å². The standard InChI is InChI=1S/C18H17FN4O3/c19-13-3-7-15(8-4-13)23-10-9-22(18(23)26)11-16(24)21-14-5-1-12(2-6-14)17(20)25/h1-8H,9-11H2,(H2,20,25)(H,21,24). The van der Waals surface area contributed by atoms with Crippen molar-refractivity contribution in [3.05, 3.63) is 59.9 Å². The van der Waals surface area contributed by atoms with Crippen LogP contribution >= 0.6 is 0 Å². The number of nitrogens with zero attached hydrogens (tertiary/aromatic N) is 2. The van der Waals surface area contributed by atoms with E-state index in [2.05, 4.69) is 5.32 Å². The Morgan fingerprint density at radius 3 is 2.31 bits per heavy atom. The molecule has 0 spiro atoms. The average molecular weight is 356 g/mol. The molecule has 0 atom stereocenters. The Kier molecular flexibility index (Phi) is 4.83. The van der Waals surface area contributed by atoms with Gasteiger partial charge in [-0.15, -0.1) is 0 Å². The molecule has 0 aromatic heterocycles. The Morgan fingerprint density at radius 2 is 1.69 bits per heavy atom. The lowest BCUT2D eigenvalue weighted by Crippen LogP contribution is -2.37. The van der Waals surface area contributed by atoms with Gasteiger partial charge in [0.25, 0.3) is 0 Å². The number of hydrogen-bond acceptors (Lipinski definition) is 3. The summed E-state index contributed by atoms with van der Waals surface area (Å²) in [5.74, 6) is -1.28. The van der Waals surface area contributed by atoms with Crippen LogP contribution in [0.1, 0.15) is 10.4 Å². The van der Waals surface area contributed by atoms with Crippen LogP contribution in [0.5, 0.6) is 0 Å². The van der Waals surface area contributed by atoms with E-state index >= 15 is 0 Å². The Hall–Kier alpha value is -3.42. The number of primary amides is 1. The van der Waals surface area contributed by atoms with Gasteiger partial charge in [0.1, 0.15) is 12.4 Å². The molecule has 1 saturated heterocycles. The van der Waals surface area contributed by atoms with Crippen LogP contribution in [0.25, 0.3) is 0 Å². The third-order valence-electron chi connectivity index (χ3n) is 4.02. The highest BCUT2D eigenvalue weighted by atomic mass is 19.1. The van der Waals surface area contributed by atoms with Crippen molar-refractivity contribution >= 4 is 29.2 Å². The number of carbonyl (C=O) groups excluding carboxylic acids is 3. The maximum absolute atomic E-state index is 13.0. The first-order valence-electron chi connectivity index (χ1n) is 7.96.